The van der Waals surface area contributed by atoms with E-state index in [0.717, 1.165) is 25.8 Å². The van der Waals surface area contributed by atoms with Crippen molar-refractivity contribution >= 4 is 17.5 Å². The third-order valence-corrected chi connectivity index (χ3v) is 5.40. The Morgan fingerprint density at radius 3 is 2.23 bits per heavy atom. The molecule has 1 saturated heterocycles. The number of ether oxygens (including phenoxy) is 3. The Morgan fingerprint density at radius 1 is 0.933 bits per heavy atom. The lowest BCUT2D eigenvalue weighted by molar-refractivity contribution is 0.0635. The third kappa shape index (κ3) is 4.35. The average molecular weight is 412 g/mol. The summed E-state index contributed by atoms with van der Waals surface area (Å²) in [4.78, 5) is 27.5. The molecule has 7 nitrogen and oxygen atoms in total. The van der Waals surface area contributed by atoms with Gasteiger partial charge in [0.05, 0.1) is 26.9 Å². The van der Waals surface area contributed by atoms with Gasteiger partial charge in [-0.15, -0.1) is 0 Å². The standard InChI is InChI=1S/C23H28N2O5/c1-15-7-5-6-14-25(15)23(27)16-8-10-17(11-9-16)24-22(26)18-12-13-19(28-2)21(30-4)20(18)29-3/h8-13,15H,5-7,14H2,1-4H3,(H,24,26)/t15-/m1/s1. The minimum Gasteiger partial charge on any atom is -0.493 e. The van der Waals surface area contributed by atoms with Crippen molar-refractivity contribution in [2.75, 3.05) is 33.2 Å². The van der Waals surface area contributed by atoms with Crippen LogP contribution in [0.4, 0.5) is 5.69 Å². The topological polar surface area (TPSA) is 77.1 Å². The number of methoxy groups -OCH3 is 3. The summed E-state index contributed by atoms with van der Waals surface area (Å²) in [5, 5.41) is 2.84. The number of nitrogens with zero attached hydrogens (tertiary/aromatic N) is 1. The fourth-order valence-corrected chi connectivity index (χ4v) is 3.74. The zero-order valence-corrected chi connectivity index (χ0v) is 17.9. The summed E-state index contributed by atoms with van der Waals surface area (Å²) in [6.45, 7) is 2.87. The van der Waals surface area contributed by atoms with Gasteiger partial charge in [0.2, 0.25) is 5.75 Å². The first-order valence-corrected chi connectivity index (χ1v) is 10.0. The van der Waals surface area contributed by atoms with Gasteiger partial charge in [-0.3, -0.25) is 9.59 Å². The van der Waals surface area contributed by atoms with Crippen molar-refractivity contribution in [1.82, 2.24) is 4.90 Å². The van der Waals surface area contributed by atoms with Gasteiger partial charge in [-0.25, -0.2) is 0 Å². The Kier molecular flexibility index (Phi) is 6.82. The van der Waals surface area contributed by atoms with Crippen LogP contribution < -0.4 is 19.5 Å². The minimum absolute atomic E-state index is 0.0293. The maximum atomic E-state index is 12.8. The molecule has 0 saturated carbocycles. The van der Waals surface area contributed by atoms with Crippen molar-refractivity contribution in [3.63, 3.8) is 0 Å². The highest BCUT2D eigenvalue weighted by molar-refractivity contribution is 6.07. The van der Waals surface area contributed by atoms with Gasteiger partial charge in [-0.2, -0.15) is 0 Å². The normalized spacial score (nSPS) is 16.0. The number of hydrogen-bond acceptors (Lipinski definition) is 5. The highest BCUT2D eigenvalue weighted by atomic mass is 16.5. The van der Waals surface area contributed by atoms with Crippen molar-refractivity contribution in [3.8, 4) is 17.2 Å². The van der Waals surface area contributed by atoms with Crippen molar-refractivity contribution in [2.24, 2.45) is 0 Å². The van der Waals surface area contributed by atoms with Gasteiger partial charge in [-0.05, 0) is 62.6 Å². The monoisotopic (exact) mass is 412 g/mol. The molecule has 160 valence electrons. The van der Waals surface area contributed by atoms with Crippen LogP contribution in [-0.2, 0) is 0 Å². The van der Waals surface area contributed by atoms with Crippen LogP contribution in [0.1, 0.15) is 46.9 Å². The Morgan fingerprint density at radius 2 is 1.63 bits per heavy atom. The molecule has 0 aliphatic carbocycles. The first kappa shape index (κ1) is 21.5. The number of rotatable bonds is 6. The van der Waals surface area contributed by atoms with E-state index in [1.807, 2.05) is 4.90 Å². The molecule has 2 aromatic carbocycles. The number of anilines is 1. The summed E-state index contributed by atoms with van der Waals surface area (Å²) in [5.74, 6) is 0.795. The van der Waals surface area contributed by atoms with Gasteiger partial charge in [0.1, 0.15) is 0 Å². The van der Waals surface area contributed by atoms with E-state index in [2.05, 4.69) is 12.2 Å². The lowest BCUT2D eigenvalue weighted by Gasteiger charge is -2.33. The maximum absolute atomic E-state index is 12.8. The van der Waals surface area contributed by atoms with E-state index in [4.69, 9.17) is 14.2 Å². The molecule has 1 N–H and O–H groups in total. The van der Waals surface area contributed by atoms with E-state index in [9.17, 15) is 9.59 Å². The number of amides is 2. The molecule has 1 fully saturated rings. The Balaban J connectivity index is 1.76. The molecule has 30 heavy (non-hydrogen) atoms. The van der Waals surface area contributed by atoms with Crippen LogP contribution in [0.5, 0.6) is 17.2 Å². The molecular weight excluding hydrogens is 384 g/mol. The molecule has 1 aliphatic heterocycles. The lowest BCUT2D eigenvalue weighted by Crippen LogP contribution is -2.42. The van der Waals surface area contributed by atoms with Crippen molar-refractivity contribution < 1.29 is 23.8 Å². The van der Waals surface area contributed by atoms with Gasteiger partial charge in [0, 0.05) is 23.8 Å². The van der Waals surface area contributed by atoms with Gasteiger partial charge in [-0.1, -0.05) is 0 Å². The second-order valence-corrected chi connectivity index (χ2v) is 7.26. The lowest BCUT2D eigenvalue weighted by atomic mass is 10.0. The smallest absolute Gasteiger partial charge is 0.259 e. The van der Waals surface area contributed by atoms with Crippen LogP contribution in [0.2, 0.25) is 0 Å². The van der Waals surface area contributed by atoms with E-state index >= 15 is 0 Å². The first-order chi connectivity index (χ1) is 14.5. The predicted octanol–water partition coefficient (Wildman–Crippen LogP) is 3.98. The number of hydrogen-bond donors (Lipinski definition) is 1. The molecular formula is C23H28N2O5. The highest BCUT2D eigenvalue weighted by Gasteiger charge is 2.24. The van der Waals surface area contributed by atoms with E-state index in [-0.39, 0.29) is 17.9 Å². The van der Waals surface area contributed by atoms with Gasteiger partial charge in [0.15, 0.2) is 11.5 Å². The van der Waals surface area contributed by atoms with Crippen molar-refractivity contribution in [3.05, 3.63) is 47.5 Å². The summed E-state index contributed by atoms with van der Waals surface area (Å²) < 4.78 is 16.0. The zero-order chi connectivity index (χ0) is 21.7. The molecule has 3 rings (SSSR count). The zero-order valence-electron chi connectivity index (χ0n) is 17.9. The van der Waals surface area contributed by atoms with E-state index in [1.54, 1.807) is 36.4 Å². The molecule has 0 radical (unpaired) electrons. The third-order valence-electron chi connectivity index (χ3n) is 5.40. The fraction of sp³-hybridized carbons (Fsp3) is 0.391. The van der Waals surface area contributed by atoms with E-state index in [0.29, 0.717) is 34.1 Å². The fourth-order valence-electron chi connectivity index (χ4n) is 3.74. The second-order valence-electron chi connectivity index (χ2n) is 7.26. The Labute approximate surface area is 176 Å². The van der Waals surface area contributed by atoms with Gasteiger partial charge >= 0.3 is 0 Å². The summed E-state index contributed by atoms with van der Waals surface area (Å²) in [6, 6.07) is 10.5. The number of carbonyl (C=O) groups excluding carboxylic acids is 2. The molecule has 0 bridgehead atoms. The first-order valence-electron chi connectivity index (χ1n) is 10.0. The molecule has 1 atom stereocenters. The average Bonchev–Trinajstić information content (AvgIpc) is 2.78. The highest BCUT2D eigenvalue weighted by Crippen LogP contribution is 2.39. The number of benzene rings is 2. The van der Waals surface area contributed by atoms with Crippen LogP contribution in [0.15, 0.2) is 36.4 Å². The van der Waals surface area contributed by atoms with Crippen LogP contribution in [0.25, 0.3) is 0 Å². The van der Waals surface area contributed by atoms with E-state index < -0.39 is 0 Å². The largest absolute Gasteiger partial charge is 0.493 e. The SMILES string of the molecule is COc1ccc(C(=O)Nc2ccc(C(=O)N3CCCC[C@H]3C)cc2)c(OC)c1OC. The second kappa shape index (κ2) is 9.52. The molecule has 2 amide bonds. The summed E-state index contributed by atoms with van der Waals surface area (Å²) in [6.07, 6.45) is 3.24. The maximum Gasteiger partial charge on any atom is 0.259 e. The summed E-state index contributed by atoms with van der Waals surface area (Å²) >= 11 is 0. The van der Waals surface area contributed by atoms with Crippen LogP contribution in [0, 0.1) is 0 Å². The molecule has 1 aliphatic rings. The quantitative estimate of drug-likeness (QED) is 0.777. The minimum atomic E-state index is -0.350. The van der Waals surface area contributed by atoms with E-state index in [1.165, 1.54) is 21.3 Å². The molecule has 0 aromatic heterocycles. The number of piperidine rings is 1. The summed E-state index contributed by atoms with van der Waals surface area (Å²) in [7, 11) is 4.47. The van der Waals surface area contributed by atoms with Crippen LogP contribution >= 0.6 is 0 Å². The molecule has 1 heterocycles. The molecule has 2 aromatic rings. The van der Waals surface area contributed by atoms with Crippen LogP contribution in [-0.4, -0.2) is 50.6 Å². The van der Waals surface area contributed by atoms with Gasteiger partial charge in [0.25, 0.3) is 11.8 Å². The number of likely N-dealkylation sites (tertiary alicyclic amines) is 1. The number of nitrogens with one attached hydrogen (secondary N) is 1. The van der Waals surface area contributed by atoms with Crippen molar-refractivity contribution in [2.45, 2.75) is 32.2 Å². The Hall–Kier alpha value is -3.22. The molecule has 0 unspecified atom stereocenters. The van der Waals surface area contributed by atoms with Gasteiger partial charge < -0.3 is 24.4 Å². The number of carbonyl (C=O) groups is 2. The molecule has 7 heteroatoms. The van der Waals surface area contributed by atoms with Crippen molar-refractivity contribution in [1.29, 1.82) is 0 Å². The molecule has 0 spiro atoms. The predicted molar refractivity (Wildman–Crippen MR) is 115 cm³/mol. The summed E-state index contributed by atoms with van der Waals surface area (Å²) in [5.41, 5.74) is 1.52. The Bertz CT molecular complexity index is 911. The van der Waals surface area contributed by atoms with Crippen LogP contribution in [0.3, 0.4) is 0 Å².